The normalized spacial score (nSPS) is 10.4. The first kappa shape index (κ1) is 29.1. The summed E-state index contributed by atoms with van der Waals surface area (Å²) in [6, 6.07) is 10.8. The number of thiocarbonyl (C=S) groups is 1. The number of hydrogen-bond donors (Lipinski definition) is 4. The molecule has 0 saturated heterocycles. The van der Waals surface area contributed by atoms with Crippen molar-refractivity contribution in [3.63, 3.8) is 0 Å². The van der Waals surface area contributed by atoms with Gasteiger partial charge in [0.1, 0.15) is 11.5 Å². The summed E-state index contributed by atoms with van der Waals surface area (Å²) in [7, 11) is 0. The molecule has 3 amide bonds. The first-order valence-corrected chi connectivity index (χ1v) is 12.6. The van der Waals surface area contributed by atoms with Crippen molar-refractivity contribution in [2.24, 2.45) is 0 Å². The summed E-state index contributed by atoms with van der Waals surface area (Å²) in [4.78, 5) is 36.3. The third-order valence-corrected chi connectivity index (χ3v) is 5.93. The molecule has 36 heavy (non-hydrogen) atoms. The maximum Gasteiger partial charge on any atom is 0.264 e. The fourth-order valence-electron chi connectivity index (χ4n) is 3.02. The van der Waals surface area contributed by atoms with Crippen molar-refractivity contribution in [3.05, 3.63) is 52.0 Å². The molecule has 0 aromatic heterocycles. The number of hydrogen-bond acceptors (Lipinski definition) is 6. The Morgan fingerprint density at radius 3 is 2.28 bits per heavy atom. The summed E-state index contributed by atoms with van der Waals surface area (Å²) in [6.07, 6.45) is -0.102. The van der Waals surface area contributed by atoms with Crippen molar-refractivity contribution in [3.8, 4) is 11.5 Å². The highest BCUT2D eigenvalue weighted by molar-refractivity contribution is 9.10. The van der Waals surface area contributed by atoms with Crippen molar-refractivity contribution in [1.82, 2.24) is 16.2 Å². The quantitative estimate of drug-likeness (QED) is 0.247. The Balaban J connectivity index is 1.69. The second-order valence-corrected chi connectivity index (χ2v) is 9.40. The molecule has 2 rings (SSSR count). The highest BCUT2D eigenvalue weighted by Crippen LogP contribution is 2.32. The molecule has 0 aliphatic rings. The van der Waals surface area contributed by atoms with E-state index in [1.54, 1.807) is 24.3 Å². The number of carbonyl (C=O) groups is 3. The number of carbonyl (C=O) groups excluding carboxylic acids is 3. The van der Waals surface area contributed by atoms with Gasteiger partial charge >= 0.3 is 0 Å². The number of nitrogens with one attached hydrogen (secondary N) is 4. The van der Waals surface area contributed by atoms with Gasteiger partial charge in [0, 0.05) is 23.0 Å². The number of rotatable bonds is 10. The topological polar surface area (TPSA) is 118 Å². The molecule has 0 fully saturated rings. The Labute approximate surface area is 224 Å². The van der Waals surface area contributed by atoms with Crippen LogP contribution >= 0.6 is 28.1 Å². The van der Waals surface area contributed by atoms with Crippen LogP contribution in [0.25, 0.3) is 0 Å². The lowest BCUT2D eigenvalue weighted by atomic mass is 10.0. The van der Waals surface area contributed by atoms with Crippen molar-refractivity contribution in [2.75, 3.05) is 18.5 Å². The predicted molar refractivity (Wildman–Crippen MR) is 146 cm³/mol. The maximum atomic E-state index is 12.2. The summed E-state index contributed by atoms with van der Waals surface area (Å²) in [5.74, 6) is 0.284. The van der Waals surface area contributed by atoms with Gasteiger partial charge in [-0.3, -0.25) is 30.6 Å². The molecule has 0 bridgehead atoms. The van der Waals surface area contributed by atoms with Crippen molar-refractivity contribution < 1.29 is 23.9 Å². The Morgan fingerprint density at radius 2 is 1.64 bits per heavy atom. The lowest BCUT2D eigenvalue weighted by Gasteiger charge is -2.16. The third-order valence-electron chi connectivity index (χ3n) is 4.87. The van der Waals surface area contributed by atoms with Crippen LogP contribution in [0.5, 0.6) is 11.5 Å². The molecule has 2 aromatic rings. The molecular weight excluding hydrogens is 548 g/mol. The zero-order valence-corrected chi connectivity index (χ0v) is 23.1. The summed E-state index contributed by atoms with van der Waals surface area (Å²) in [5, 5.41) is 5.05. The fourth-order valence-corrected chi connectivity index (χ4v) is 3.55. The molecule has 9 nitrogen and oxygen atoms in total. The van der Waals surface area contributed by atoms with Crippen LogP contribution in [0.2, 0.25) is 0 Å². The molecule has 0 spiro atoms. The van der Waals surface area contributed by atoms with Crippen LogP contribution in [0, 0.1) is 6.92 Å². The van der Waals surface area contributed by atoms with Crippen LogP contribution in [0.3, 0.4) is 0 Å². The first-order chi connectivity index (χ1) is 17.1. The standard InChI is InChI=1S/C25H31BrN4O5S/c1-5-34-18-8-6-17(7-9-18)27-22(31)10-11-23(32)29-30-25(36)28-24(33)14-35-21-12-16(4)20(26)13-19(21)15(2)3/h6-9,12-13,15H,5,10-11,14H2,1-4H3,(H,27,31)(H,29,32)(H2,28,30,33,36). The Bertz CT molecular complexity index is 1090. The van der Waals surface area contributed by atoms with Gasteiger partial charge in [0.2, 0.25) is 11.8 Å². The molecule has 0 heterocycles. The molecule has 0 radical (unpaired) electrons. The van der Waals surface area contributed by atoms with E-state index in [2.05, 4.69) is 37.4 Å². The second-order valence-electron chi connectivity index (χ2n) is 8.14. The van der Waals surface area contributed by atoms with Crippen LogP contribution in [0.15, 0.2) is 40.9 Å². The van der Waals surface area contributed by atoms with E-state index >= 15 is 0 Å². The Kier molecular flexibility index (Phi) is 11.6. The van der Waals surface area contributed by atoms with E-state index in [0.717, 1.165) is 15.6 Å². The summed E-state index contributed by atoms with van der Waals surface area (Å²) in [6.45, 7) is 8.21. The third kappa shape index (κ3) is 9.82. The van der Waals surface area contributed by atoms with Crippen LogP contribution in [-0.2, 0) is 14.4 Å². The lowest BCUT2D eigenvalue weighted by Crippen LogP contribution is -2.49. The fraction of sp³-hybridized carbons (Fsp3) is 0.360. The monoisotopic (exact) mass is 578 g/mol. The molecule has 11 heteroatoms. The molecule has 0 saturated carbocycles. The number of halogens is 1. The number of anilines is 1. The van der Waals surface area contributed by atoms with E-state index in [0.29, 0.717) is 23.8 Å². The molecule has 0 aliphatic carbocycles. The van der Waals surface area contributed by atoms with Crippen molar-refractivity contribution in [1.29, 1.82) is 0 Å². The first-order valence-electron chi connectivity index (χ1n) is 11.4. The van der Waals surface area contributed by atoms with Crippen LogP contribution in [-0.4, -0.2) is 36.0 Å². The van der Waals surface area contributed by atoms with E-state index in [1.807, 2.05) is 39.8 Å². The van der Waals surface area contributed by atoms with Gasteiger partial charge < -0.3 is 14.8 Å². The summed E-state index contributed by atoms with van der Waals surface area (Å²) >= 11 is 8.54. The smallest absolute Gasteiger partial charge is 0.264 e. The number of benzene rings is 2. The molecular formula is C25H31BrN4O5S. The lowest BCUT2D eigenvalue weighted by molar-refractivity contribution is -0.125. The van der Waals surface area contributed by atoms with Crippen LogP contribution in [0.1, 0.15) is 50.7 Å². The molecule has 0 atom stereocenters. The zero-order chi connectivity index (χ0) is 26.7. The van der Waals surface area contributed by atoms with Gasteiger partial charge in [-0.05, 0) is 79.5 Å². The predicted octanol–water partition coefficient (Wildman–Crippen LogP) is 4.10. The highest BCUT2D eigenvalue weighted by Gasteiger charge is 2.14. The number of hydrazine groups is 1. The van der Waals surface area contributed by atoms with Crippen LogP contribution in [0.4, 0.5) is 5.69 Å². The van der Waals surface area contributed by atoms with E-state index in [4.69, 9.17) is 21.7 Å². The largest absolute Gasteiger partial charge is 0.494 e. The van der Waals surface area contributed by atoms with E-state index in [-0.39, 0.29) is 36.4 Å². The van der Waals surface area contributed by atoms with Gasteiger partial charge in [-0.25, -0.2) is 0 Å². The van der Waals surface area contributed by atoms with E-state index in [1.165, 1.54) is 0 Å². The summed E-state index contributed by atoms with van der Waals surface area (Å²) < 4.78 is 12.0. The minimum Gasteiger partial charge on any atom is -0.494 e. The number of ether oxygens (including phenoxy) is 2. The van der Waals surface area contributed by atoms with Crippen molar-refractivity contribution >= 4 is 56.7 Å². The van der Waals surface area contributed by atoms with E-state index < -0.39 is 11.8 Å². The van der Waals surface area contributed by atoms with Gasteiger partial charge in [-0.15, -0.1) is 0 Å². The summed E-state index contributed by atoms with van der Waals surface area (Å²) in [5.41, 5.74) is 7.36. The minimum atomic E-state index is -0.480. The minimum absolute atomic E-state index is 0.0293. The van der Waals surface area contributed by atoms with Gasteiger partial charge in [0.05, 0.1) is 6.61 Å². The SMILES string of the molecule is CCOc1ccc(NC(=O)CCC(=O)NNC(=S)NC(=O)COc2cc(C)c(Br)cc2C(C)C)cc1. The van der Waals surface area contributed by atoms with E-state index in [9.17, 15) is 14.4 Å². The van der Waals surface area contributed by atoms with Crippen LogP contribution < -0.4 is 31.0 Å². The number of amides is 3. The second kappa shape index (κ2) is 14.4. The molecule has 0 unspecified atom stereocenters. The molecule has 2 aromatic carbocycles. The van der Waals surface area contributed by atoms with Gasteiger partial charge in [-0.2, -0.15) is 0 Å². The average Bonchev–Trinajstić information content (AvgIpc) is 2.83. The highest BCUT2D eigenvalue weighted by atomic mass is 79.9. The molecule has 194 valence electrons. The Morgan fingerprint density at radius 1 is 0.972 bits per heavy atom. The number of aryl methyl sites for hydroxylation is 1. The van der Waals surface area contributed by atoms with Gasteiger partial charge in [0.15, 0.2) is 11.7 Å². The zero-order valence-electron chi connectivity index (χ0n) is 20.7. The maximum absolute atomic E-state index is 12.2. The molecule has 4 N–H and O–H groups in total. The van der Waals surface area contributed by atoms with Gasteiger partial charge in [-0.1, -0.05) is 29.8 Å². The molecule has 0 aliphatic heterocycles. The van der Waals surface area contributed by atoms with Crippen molar-refractivity contribution in [2.45, 2.75) is 46.5 Å². The Hall–Kier alpha value is -3.18. The average molecular weight is 580 g/mol. The van der Waals surface area contributed by atoms with Gasteiger partial charge in [0.25, 0.3) is 5.91 Å².